The van der Waals surface area contributed by atoms with Crippen molar-refractivity contribution in [3.05, 3.63) is 0 Å². The van der Waals surface area contributed by atoms with Crippen LogP contribution in [0.15, 0.2) is 0 Å². The average Bonchev–Trinajstić information content (AvgIpc) is 2.01. The minimum Gasteiger partial charge on any atom is -0.480 e. The first-order valence-electron chi connectivity index (χ1n) is 3.68. The van der Waals surface area contributed by atoms with Crippen LogP contribution in [-0.4, -0.2) is 21.9 Å². The van der Waals surface area contributed by atoms with Gasteiger partial charge in [0.2, 0.25) is 0 Å². The van der Waals surface area contributed by atoms with E-state index in [1.807, 2.05) is 13.8 Å². The number of rotatable bonds is 4. The van der Waals surface area contributed by atoms with Gasteiger partial charge >= 0.3 is 5.97 Å². The van der Waals surface area contributed by atoms with Gasteiger partial charge in [-0.2, -0.15) is 12.6 Å². The third-order valence-corrected chi connectivity index (χ3v) is 2.98. The van der Waals surface area contributed by atoms with Crippen LogP contribution >= 0.6 is 12.6 Å². The number of aliphatic carboxylic acids is 1. The van der Waals surface area contributed by atoms with Crippen LogP contribution in [0.25, 0.3) is 0 Å². The Kier molecular flexibility index (Phi) is 3.89. The minimum absolute atomic E-state index is 0.564. The number of nitrogens with two attached hydrogens (primary N) is 1. The Hall–Kier alpha value is -0.220. The summed E-state index contributed by atoms with van der Waals surface area (Å²) in [5.74, 6) is -0.983. The van der Waals surface area contributed by atoms with Crippen LogP contribution in [0.2, 0.25) is 0 Å². The fourth-order valence-electron chi connectivity index (χ4n) is 0.920. The van der Waals surface area contributed by atoms with Gasteiger partial charge in [0, 0.05) is 4.75 Å². The molecule has 0 saturated heterocycles. The second-order valence-electron chi connectivity index (χ2n) is 2.63. The van der Waals surface area contributed by atoms with Gasteiger partial charge in [0.25, 0.3) is 0 Å². The highest BCUT2D eigenvalue weighted by molar-refractivity contribution is 7.82. The Morgan fingerprint density at radius 1 is 1.64 bits per heavy atom. The van der Waals surface area contributed by atoms with E-state index in [1.54, 1.807) is 0 Å². The second kappa shape index (κ2) is 3.97. The van der Waals surface area contributed by atoms with E-state index in [1.165, 1.54) is 0 Å². The van der Waals surface area contributed by atoms with Crippen molar-refractivity contribution in [2.24, 2.45) is 5.73 Å². The maximum atomic E-state index is 10.5. The molecule has 1 atom stereocenters. The quantitative estimate of drug-likeness (QED) is 0.559. The predicted octanol–water partition coefficient (Wildman–Crippen LogP) is 0.887. The maximum Gasteiger partial charge on any atom is 0.321 e. The standard InChI is InChI=1S/C7H15NO2S/c1-3-7(11,4-2)5(8)6(9)10/h5,11H,3-4,8H2,1-2H3,(H,9,10). The fraction of sp³-hybridized carbons (Fsp3) is 0.857. The molecule has 0 aromatic heterocycles. The van der Waals surface area contributed by atoms with Gasteiger partial charge in [0.15, 0.2) is 0 Å². The lowest BCUT2D eigenvalue weighted by Gasteiger charge is -2.29. The zero-order chi connectivity index (χ0) is 9.07. The van der Waals surface area contributed by atoms with Gasteiger partial charge in [0.05, 0.1) is 0 Å². The van der Waals surface area contributed by atoms with Crippen molar-refractivity contribution in [1.82, 2.24) is 0 Å². The van der Waals surface area contributed by atoms with Crippen molar-refractivity contribution in [3.63, 3.8) is 0 Å². The van der Waals surface area contributed by atoms with Gasteiger partial charge in [-0.15, -0.1) is 0 Å². The Labute approximate surface area is 72.4 Å². The molecular formula is C7H15NO2S. The average molecular weight is 177 g/mol. The third-order valence-electron chi connectivity index (χ3n) is 2.07. The molecule has 11 heavy (non-hydrogen) atoms. The third kappa shape index (κ3) is 2.38. The molecule has 1 unspecified atom stereocenters. The van der Waals surface area contributed by atoms with Gasteiger partial charge < -0.3 is 10.8 Å². The zero-order valence-electron chi connectivity index (χ0n) is 6.87. The summed E-state index contributed by atoms with van der Waals surface area (Å²) in [6.07, 6.45) is 1.33. The van der Waals surface area contributed by atoms with Crippen LogP contribution in [0.4, 0.5) is 0 Å². The van der Waals surface area contributed by atoms with Crippen LogP contribution < -0.4 is 5.73 Å². The molecule has 0 rings (SSSR count). The molecule has 3 nitrogen and oxygen atoms in total. The van der Waals surface area contributed by atoms with E-state index in [2.05, 4.69) is 12.6 Å². The van der Waals surface area contributed by atoms with Crippen molar-refractivity contribution in [2.45, 2.75) is 37.5 Å². The first-order chi connectivity index (χ1) is 4.98. The van der Waals surface area contributed by atoms with E-state index in [9.17, 15) is 4.79 Å². The van der Waals surface area contributed by atoms with Gasteiger partial charge in [0.1, 0.15) is 6.04 Å². The largest absolute Gasteiger partial charge is 0.480 e. The molecular weight excluding hydrogens is 162 g/mol. The maximum absolute atomic E-state index is 10.5. The summed E-state index contributed by atoms with van der Waals surface area (Å²) in [5.41, 5.74) is 5.44. The van der Waals surface area contributed by atoms with Crippen molar-refractivity contribution >= 4 is 18.6 Å². The van der Waals surface area contributed by atoms with E-state index < -0.39 is 16.8 Å². The molecule has 0 bridgehead atoms. The first-order valence-corrected chi connectivity index (χ1v) is 4.13. The number of hydrogen-bond acceptors (Lipinski definition) is 3. The smallest absolute Gasteiger partial charge is 0.321 e. The van der Waals surface area contributed by atoms with Crippen molar-refractivity contribution in [2.75, 3.05) is 0 Å². The summed E-state index contributed by atoms with van der Waals surface area (Å²) in [7, 11) is 0. The molecule has 66 valence electrons. The monoisotopic (exact) mass is 177 g/mol. The Balaban J connectivity index is 4.36. The van der Waals surface area contributed by atoms with Crippen LogP contribution in [0.5, 0.6) is 0 Å². The van der Waals surface area contributed by atoms with Crippen molar-refractivity contribution < 1.29 is 9.90 Å². The molecule has 0 aliphatic rings. The van der Waals surface area contributed by atoms with Gasteiger partial charge in [-0.1, -0.05) is 13.8 Å². The Bertz CT molecular complexity index is 145. The lowest BCUT2D eigenvalue weighted by Crippen LogP contribution is -2.48. The van der Waals surface area contributed by atoms with E-state index in [4.69, 9.17) is 10.8 Å². The molecule has 0 aromatic carbocycles. The molecule has 0 aliphatic carbocycles. The van der Waals surface area contributed by atoms with Gasteiger partial charge in [-0.3, -0.25) is 4.79 Å². The second-order valence-corrected chi connectivity index (χ2v) is 3.52. The summed E-state index contributed by atoms with van der Waals surface area (Å²) >= 11 is 4.25. The first kappa shape index (κ1) is 10.8. The molecule has 0 saturated carbocycles. The molecule has 0 aliphatic heterocycles. The molecule has 4 heteroatoms. The highest BCUT2D eigenvalue weighted by atomic mass is 32.1. The van der Waals surface area contributed by atoms with Gasteiger partial charge in [-0.25, -0.2) is 0 Å². The fourth-order valence-corrected chi connectivity index (χ4v) is 1.03. The topological polar surface area (TPSA) is 63.3 Å². The SMILES string of the molecule is CCC(S)(CC)C(N)C(=O)O. The molecule has 3 N–H and O–H groups in total. The van der Waals surface area contributed by atoms with Crippen molar-refractivity contribution in [1.29, 1.82) is 0 Å². The van der Waals surface area contributed by atoms with Crippen molar-refractivity contribution in [3.8, 4) is 0 Å². The Morgan fingerprint density at radius 3 is 2.09 bits per heavy atom. The summed E-state index contributed by atoms with van der Waals surface area (Å²) in [6.45, 7) is 3.78. The summed E-state index contributed by atoms with van der Waals surface area (Å²) < 4.78 is -0.564. The lowest BCUT2D eigenvalue weighted by molar-refractivity contribution is -0.139. The van der Waals surface area contributed by atoms with Crippen LogP contribution in [0.3, 0.4) is 0 Å². The number of carbonyl (C=O) groups is 1. The van der Waals surface area contributed by atoms with Crippen LogP contribution in [0, 0.1) is 0 Å². The number of carboxylic acids is 1. The van der Waals surface area contributed by atoms with E-state index >= 15 is 0 Å². The number of carboxylic acid groups (broad SMARTS) is 1. The van der Waals surface area contributed by atoms with Gasteiger partial charge in [-0.05, 0) is 12.8 Å². The molecule has 0 fully saturated rings. The summed E-state index contributed by atoms with van der Waals surface area (Å²) in [6, 6.07) is -0.874. The molecule has 0 radical (unpaired) electrons. The molecule has 0 spiro atoms. The summed E-state index contributed by atoms with van der Waals surface area (Å²) in [5, 5.41) is 8.61. The van der Waals surface area contributed by atoms with Crippen LogP contribution in [-0.2, 0) is 4.79 Å². The van der Waals surface area contributed by atoms with Crippen LogP contribution in [0.1, 0.15) is 26.7 Å². The number of thiol groups is 1. The molecule has 0 aromatic rings. The highest BCUT2D eigenvalue weighted by Gasteiger charge is 2.34. The zero-order valence-corrected chi connectivity index (χ0v) is 7.77. The predicted molar refractivity (Wildman–Crippen MR) is 47.9 cm³/mol. The minimum atomic E-state index is -0.983. The van der Waals surface area contributed by atoms with E-state index in [0.717, 1.165) is 0 Å². The molecule has 0 heterocycles. The molecule has 0 amide bonds. The summed E-state index contributed by atoms with van der Waals surface area (Å²) in [4.78, 5) is 10.5. The van der Waals surface area contributed by atoms with E-state index in [0.29, 0.717) is 12.8 Å². The Morgan fingerprint density at radius 2 is 2.00 bits per heavy atom. The number of hydrogen-bond donors (Lipinski definition) is 3. The lowest BCUT2D eigenvalue weighted by atomic mass is 9.94. The highest BCUT2D eigenvalue weighted by Crippen LogP contribution is 2.26. The van der Waals surface area contributed by atoms with E-state index in [-0.39, 0.29) is 0 Å². The normalized spacial score (nSPS) is 14.5.